The Morgan fingerprint density at radius 2 is 1.64 bits per heavy atom. The molecule has 1 aliphatic heterocycles. The first-order valence-corrected chi connectivity index (χ1v) is 11.6. The van der Waals surface area contributed by atoms with Crippen LogP contribution >= 0.6 is 0 Å². The van der Waals surface area contributed by atoms with E-state index >= 15 is 0 Å². The third kappa shape index (κ3) is 4.70. The van der Waals surface area contributed by atoms with E-state index in [1.165, 1.54) is 12.1 Å². The predicted molar refractivity (Wildman–Crippen MR) is 93.7 cm³/mol. The van der Waals surface area contributed by atoms with E-state index in [1.54, 1.807) is 48.5 Å². The van der Waals surface area contributed by atoms with Crippen LogP contribution in [0.3, 0.4) is 0 Å². The van der Waals surface area contributed by atoms with E-state index in [1.807, 2.05) is 0 Å². The van der Waals surface area contributed by atoms with Crippen molar-refractivity contribution >= 4 is 42.1 Å². The second kappa shape index (κ2) is 8.73. The van der Waals surface area contributed by atoms with E-state index in [4.69, 9.17) is 9.47 Å². The van der Waals surface area contributed by atoms with Crippen LogP contribution in [0.5, 0.6) is 0 Å². The van der Waals surface area contributed by atoms with Crippen molar-refractivity contribution < 1.29 is 37.4 Å². The van der Waals surface area contributed by atoms with Crippen molar-refractivity contribution in [1.82, 2.24) is 0 Å². The average Bonchev–Trinajstić information content (AvgIpc) is 2.90. The summed E-state index contributed by atoms with van der Waals surface area (Å²) in [6.45, 7) is -0.648. The van der Waals surface area contributed by atoms with E-state index < -0.39 is 63.6 Å². The molecule has 0 saturated carbocycles. The molecule has 145 valence electrons. The van der Waals surface area contributed by atoms with Gasteiger partial charge in [-0.1, -0.05) is 0 Å². The van der Waals surface area contributed by atoms with E-state index in [-0.39, 0.29) is 5.56 Å². The van der Waals surface area contributed by atoms with Crippen LogP contribution in [0.4, 0.5) is 13.6 Å². The summed E-state index contributed by atoms with van der Waals surface area (Å²) in [6, 6.07) is 16.6. The quantitative estimate of drug-likeness (QED) is 0.293. The summed E-state index contributed by atoms with van der Waals surface area (Å²) in [4.78, 5) is 35.6. The van der Waals surface area contributed by atoms with Gasteiger partial charge >= 0.3 is 170 Å². The molecular formula is C19H14BiF2O6. The molecule has 1 aliphatic rings. The maximum atomic E-state index is 14.1. The molecule has 6 nitrogen and oxygen atoms in total. The summed E-state index contributed by atoms with van der Waals surface area (Å²) in [7, 11) is 0. The number of hydrogen-bond donors (Lipinski definition) is 0. The summed E-state index contributed by atoms with van der Waals surface area (Å²) in [5.41, 5.74) is 0.214. The monoisotopic (exact) mass is 585 g/mol. The Morgan fingerprint density at radius 3 is 2.29 bits per heavy atom. The third-order valence-electron chi connectivity index (χ3n) is 3.82. The summed E-state index contributed by atoms with van der Waals surface area (Å²) in [5.74, 6) is -6.58. The molecule has 1 unspecified atom stereocenters. The topological polar surface area (TPSA) is 78.9 Å². The van der Waals surface area contributed by atoms with Crippen LogP contribution in [0.1, 0.15) is 10.4 Å². The zero-order valence-electron chi connectivity index (χ0n) is 14.3. The number of hydrogen-bond acceptors (Lipinski definition) is 6. The molecule has 0 amide bonds. The van der Waals surface area contributed by atoms with Crippen molar-refractivity contribution in [3.63, 3.8) is 0 Å². The van der Waals surface area contributed by atoms with E-state index in [0.717, 1.165) is 3.27 Å². The Morgan fingerprint density at radius 1 is 1.04 bits per heavy atom. The first-order chi connectivity index (χ1) is 13.4. The summed E-state index contributed by atoms with van der Waals surface area (Å²) in [5, 5.41) is 0. The Labute approximate surface area is 170 Å². The van der Waals surface area contributed by atoms with Gasteiger partial charge in [0, 0.05) is 0 Å². The molecule has 0 aliphatic carbocycles. The van der Waals surface area contributed by atoms with Gasteiger partial charge in [0.15, 0.2) is 0 Å². The fraction of sp³-hybridized carbons (Fsp3) is 0.211. The van der Waals surface area contributed by atoms with Gasteiger partial charge in [-0.15, -0.1) is 0 Å². The van der Waals surface area contributed by atoms with E-state index in [9.17, 15) is 23.2 Å². The summed E-state index contributed by atoms with van der Waals surface area (Å²) in [6.07, 6.45) is -3.71. The molecule has 0 N–H and O–H groups in total. The SMILES string of the molecule is O=[C](OC1[C@@H](COC(=O)c2ccccc2)OC(=O)C1(F)F)[Bi][c]1ccccc1. The number of carbonyl (C=O) groups is 3. The van der Waals surface area contributed by atoms with E-state index in [2.05, 4.69) is 4.74 Å². The maximum absolute atomic E-state index is 14.1. The molecule has 2 atom stereocenters. The number of esters is 2. The van der Waals surface area contributed by atoms with Gasteiger partial charge in [0.2, 0.25) is 0 Å². The molecule has 28 heavy (non-hydrogen) atoms. The molecule has 1 fully saturated rings. The molecule has 0 aromatic heterocycles. The molecule has 1 heterocycles. The Hall–Kier alpha value is -2.41. The van der Waals surface area contributed by atoms with Gasteiger partial charge in [0.25, 0.3) is 0 Å². The molecule has 3 rings (SSSR count). The third-order valence-corrected chi connectivity index (χ3v) is 7.10. The Balaban J connectivity index is 1.65. The fourth-order valence-corrected chi connectivity index (χ4v) is 5.17. The molecule has 1 radical (unpaired) electrons. The van der Waals surface area contributed by atoms with Gasteiger partial charge in [-0.25, -0.2) is 0 Å². The molecule has 0 bridgehead atoms. The number of halogens is 2. The van der Waals surface area contributed by atoms with Crippen molar-refractivity contribution in [3.05, 3.63) is 66.2 Å². The molecule has 2 aromatic rings. The molecule has 1 saturated heterocycles. The van der Waals surface area contributed by atoms with Gasteiger partial charge in [-0.3, -0.25) is 0 Å². The second-order valence-electron chi connectivity index (χ2n) is 5.78. The zero-order valence-corrected chi connectivity index (χ0v) is 17.8. The first-order valence-electron chi connectivity index (χ1n) is 8.16. The van der Waals surface area contributed by atoms with Gasteiger partial charge in [0.05, 0.1) is 0 Å². The molecule has 0 spiro atoms. The van der Waals surface area contributed by atoms with Crippen molar-refractivity contribution in [2.45, 2.75) is 18.1 Å². The van der Waals surface area contributed by atoms with Crippen LogP contribution in [0.15, 0.2) is 60.7 Å². The normalized spacial score (nSPS) is 20.3. The van der Waals surface area contributed by atoms with E-state index in [0.29, 0.717) is 0 Å². The van der Waals surface area contributed by atoms with Crippen molar-refractivity contribution in [2.75, 3.05) is 6.61 Å². The number of cyclic esters (lactones) is 1. The molecule has 2 aromatic carbocycles. The van der Waals surface area contributed by atoms with Crippen molar-refractivity contribution in [1.29, 1.82) is 0 Å². The number of ether oxygens (including phenoxy) is 3. The van der Waals surface area contributed by atoms with Gasteiger partial charge in [-0.05, 0) is 0 Å². The second-order valence-corrected chi connectivity index (χ2v) is 10.1. The van der Waals surface area contributed by atoms with Gasteiger partial charge < -0.3 is 0 Å². The minimum absolute atomic E-state index is 0.214. The number of rotatable bonds is 6. The zero-order chi connectivity index (χ0) is 20.1. The first kappa shape index (κ1) is 20.3. The van der Waals surface area contributed by atoms with Gasteiger partial charge in [0.1, 0.15) is 0 Å². The van der Waals surface area contributed by atoms with Gasteiger partial charge in [-0.2, -0.15) is 0 Å². The minimum atomic E-state index is -4.00. The van der Waals surface area contributed by atoms with Crippen molar-refractivity contribution in [3.8, 4) is 0 Å². The predicted octanol–water partition coefficient (Wildman–Crippen LogP) is 1.94. The van der Waals surface area contributed by atoms with Crippen LogP contribution in [0.2, 0.25) is 0 Å². The van der Waals surface area contributed by atoms with Crippen LogP contribution in [-0.4, -0.2) is 63.6 Å². The van der Waals surface area contributed by atoms with Crippen LogP contribution in [0.25, 0.3) is 0 Å². The molecular weight excluding hydrogens is 571 g/mol. The standard InChI is InChI=1S/C13H9F2O6.C6H5.Bi/c14-13(15)10(20-7-16)9(21-12(13)18)6-19-11(17)8-4-2-1-3-5-8;1-2-4-6-5-3-1;/h1-5,9-10H,6H2;1-5H;/t9-,10?;;/m1../s1. The summed E-state index contributed by atoms with van der Waals surface area (Å²) < 4.78 is 42.7. The van der Waals surface area contributed by atoms with Crippen LogP contribution in [0, 0.1) is 0 Å². The Kier molecular flexibility index (Phi) is 6.34. The average molecular weight is 585 g/mol. The number of alkyl halides is 2. The number of benzene rings is 2. The molecule has 9 heteroatoms. The van der Waals surface area contributed by atoms with Crippen LogP contribution < -0.4 is 3.27 Å². The van der Waals surface area contributed by atoms with Crippen molar-refractivity contribution in [2.24, 2.45) is 0 Å². The fourth-order valence-electron chi connectivity index (χ4n) is 2.46. The Bertz CT molecular complexity index is 859. The summed E-state index contributed by atoms with van der Waals surface area (Å²) >= 11 is -2.07. The number of carbonyl (C=O) groups excluding carboxylic acids is 3. The van der Waals surface area contributed by atoms with Crippen LogP contribution in [-0.2, 0) is 19.0 Å².